The van der Waals surface area contributed by atoms with Crippen LogP contribution in [0.1, 0.15) is 27.8 Å². The summed E-state index contributed by atoms with van der Waals surface area (Å²) in [5.74, 6) is 8.76. The monoisotopic (exact) mass is 800 g/mol. The number of halogens is 7. The van der Waals surface area contributed by atoms with Gasteiger partial charge in [0.15, 0.2) is 0 Å². The van der Waals surface area contributed by atoms with Crippen LogP contribution in [-0.2, 0) is 0 Å². The Bertz CT molecular complexity index is 1530. The summed E-state index contributed by atoms with van der Waals surface area (Å²) < 4.78 is 59.9. The van der Waals surface area contributed by atoms with Crippen LogP contribution in [0.15, 0.2) is 93.9 Å². The van der Waals surface area contributed by atoms with E-state index in [1.807, 2.05) is 36.4 Å². The van der Waals surface area contributed by atoms with Gasteiger partial charge in [0.1, 0.15) is 11.5 Å². The van der Waals surface area contributed by atoms with E-state index >= 15 is 0 Å². The van der Waals surface area contributed by atoms with Crippen LogP contribution in [-0.4, -0.2) is 13.2 Å². The molecule has 0 unspecified atom stereocenters. The molecule has 0 saturated carbocycles. The van der Waals surface area contributed by atoms with Gasteiger partial charge in [-0.15, -0.1) is 6.42 Å². The molecular formula is C32H23Br2F4IO2. The van der Waals surface area contributed by atoms with Crippen molar-refractivity contribution in [2.45, 2.75) is 27.1 Å². The van der Waals surface area contributed by atoms with Gasteiger partial charge in [0.2, 0.25) is 0 Å². The van der Waals surface area contributed by atoms with E-state index in [9.17, 15) is 17.6 Å². The Hall–Kier alpha value is -2.99. The van der Waals surface area contributed by atoms with E-state index in [0.29, 0.717) is 16.7 Å². The van der Waals surface area contributed by atoms with Crippen LogP contribution in [0, 0.1) is 41.6 Å². The first-order valence-corrected chi connectivity index (χ1v) is 14.4. The Balaban J connectivity index is 0.000000239. The predicted octanol–water partition coefficient (Wildman–Crippen LogP) is 10.4. The van der Waals surface area contributed by atoms with Crippen LogP contribution in [0.4, 0.5) is 17.6 Å². The van der Waals surface area contributed by atoms with Crippen molar-refractivity contribution in [2.75, 3.05) is 0 Å². The van der Waals surface area contributed by atoms with Crippen LogP contribution in [0.3, 0.4) is 0 Å². The lowest BCUT2D eigenvalue weighted by Gasteiger charge is -2.07. The summed E-state index contributed by atoms with van der Waals surface area (Å²) in [6.07, 6.45) is 5.13. The Kier molecular flexibility index (Phi) is 14.8. The van der Waals surface area contributed by atoms with Gasteiger partial charge in [0.05, 0.1) is 0 Å². The van der Waals surface area contributed by atoms with Crippen molar-refractivity contribution >= 4 is 54.5 Å². The lowest BCUT2D eigenvalue weighted by Crippen LogP contribution is -2.03. The molecule has 0 aromatic heterocycles. The molecule has 0 aliphatic rings. The van der Waals surface area contributed by atoms with Gasteiger partial charge < -0.3 is 9.47 Å². The summed E-state index contributed by atoms with van der Waals surface area (Å²) in [7, 11) is 0. The maximum Gasteiger partial charge on any atom is 0.387 e. The zero-order chi connectivity index (χ0) is 30.4. The highest BCUT2D eigenvalue weighted by Gasteiger charge is 2.07. The smallest absolute Gasteiger partial charge is 0.387 e. The number of terminal acetylenes is 1. The highest BCUT2D eigenvalue weighted by atomic mass is 127. The van der Waals surface area contributed by atoms with Crippen molar-refractivity contribution in [3.63, 3.8) is 0 Å². The van der Waals surface area contributed by atoms with E-state index in [2.05, 4.69) is 93.8 Å². The van der Waals surface area contributed by atoms with Crippen molar-refractivity contribution in [3.8, 4) is 35.7 Å². The average Bonchev–Trinajstić information content (AvgIpc) is 2.90. The highest BCUT2D eigenvalue weighted by Crippen LogP contribution is 2.22. The van der Waals surface area contributed by atoms with Crippen LogP contribution in [0.2, 0.25) is 0 Å². The Morgan fingerprint density at radius 3 is 1.54 bits per heavy atom. The molecule has 2 nitrogen and oxygen atoms in total. The molecule has 0 aliphatic carbocycles. The third kappa shape index (κ3) is 13.5. The van der Waals surface area contributed by atoms with E-state index in [4.69, 9.17) is 6.42 Å². The molecule has 0 fully saturated rings. The summed E-state index contributed by atoms with van der Waals surface area (Å²) in [4.78, 5) is 0. The Morgan fingerprint density at radius 2 is 1.12 bits per heavy atom. The van der Waals surface area contributed by atoms with Gasteiger partial charge in [-0.1, -0.05) is 61.8 Å². The molecule has 0 N–H and O–H groups in total. The van der Waals surface area contributed by atoms with Crippen molar-refractivity contribution in [1.82, 2.24) is 0 Å². The third-order valence-corrected chi connectivity index (χ3v) is 6.57. The first-order valence-electron chi connectivity index (χ1n) is 11.7. The molecule has 0 spiro atoms. The van der Waals surface area contributed by atoms with E-state index in [1.54, 1.807) is 38.1 Å². The van der Waals surface area contributed by atoms with E-state index in [0.717, 1.165) is 20.1 Å². The van der Waals surface area contributed by atoms with Crippen LogP contribution in [0.25, 0.3) is 0 Å². The van der Waals surface area contributed by atoms with Gasteiger partial charge in [-0.05, 0) is 120 Å². The van der Waals surface area contributed by atoms with Gasteiger partial charge in [-0.2, -0.15) is 17.6 Å². The summed E-state index contributed by atoms with van der Waals surface area (Å²) in [5, 5.41) is 0. The van der Waals surface area contributed by atoms with E-state index < -0.39 is 13.2 Å². The zero-order valence-electron chi connectivity index (χ0n) is 21.8. The fraction of sp³-hybridized carbons (Fsp3) is 0.125. The van der Waals surface area contributed by atoms with E-state index in [1.165, 1.54) is 15.7 Å². The molecule has 0 bridgehead atoms. The fourth-order valence-electron chi connectivity index (χ4n) is 3.09. The molecule has 0 amide bonds. The van der Waals surface area contributed by atoms with Crippen molar-refractivity contribution in [1.29, 1.82) is 0 Å². The maximum absolute atomic E-state index is 12.2. The molecule has 0 aliphatic heterocycles. The van der Waals surface area contributed by atoms with Crippen molar-refractivity contribution < 1.29 is 27.0 Å². The van der Waals surface area contributed by atoms with Gasteiger partial charge in [0.25, 0.3) is 0 Å². The molecule has 0 heterocycles. The molecule has 4 rings (SSSR count). The van der Waals surface area contributed by atoms with E-state index in [-0.39, 0.29) is 11.5 Å². The standard InChI is InChI=1S/C16H11BrF2O.C10H8F2O.C6H4BrI/c1-11-9-13(7-8-15(11)20-16(18)19)6-5-12-3-2-4-14(17)10-12;1-3-8-4-5-9(7(2)6-8)13-10(11)12;7-5-2-1-3-6(8)4-5/h2-4,7-10,16H,1H3;1,4-6,10H,2H3;1-4H. The first-order chi connectivity index (χ1) is 19.5. The Labute approximate surface area is 267 Å². The molecule has 0 radical (unpaired) electrons. The molecule has 0 saturated heterocycles. The van der Waals surface area contributed by atoms with Gasteiger partial charge in [-0.25, -0.2) is 0 Å². The van der Waals surface area contributed by atoms with Gasteiger partial charge >= 0.3 is 13.2 Å². The predicted molar refractivity (Wildman–Crippen MR) is 171 cm³/mol. The molecule has 212 valence electrons. The lowest BCUT2D eigenvalue weighted by molar-refractivity contribution is -0.0509. The topological polar surface area (TPSA) is 18.5 Å². The number of ether oxygens (including phenoxy) is 2. The van der Waals surface area contributed by atoms with Crippen molar-refractivity contribution in [2.24, 2.45) is 0 Å². The molecule has 4 aromatic rings. The third-order valence-electron chi connectivity index (χ3n) is 4.91. The number of benzene rings is 4. The highest BCUT2D eigenvalue weighted by molar-refractivity contribution is 14.1. The Morgan fingerprint density at radius 1 is 0.659 bits per heavy atom. The molecule has 4 aromatic carbocycles. The SMILES string of the molecule is Brc1cccc(I)c1.C#Cc1ccc(OC(F)F)c(C)c1.Cc1cc(C#Cc2cccc(Br)c2)ccc1OC(F)F. The molecule has 41 heavy (non-hydrogen) atoms. The number of aryl methyl sites for hydroxylation is 2. The first kappa shape index (κ1) is 34.2. The molecule has 9 heteroatoms. The maximum atomic E-state index is 12.2. The minimum Gasteiger partial charge on any atom is -0.435 e. The normalized spacial score (nSPS) is 9.80. The number of rotatable bonds is 4. The van der Waals surface area contributed by atoms with Crippen molar-refractivity contribution in [3.05, 3.63) is 125 Å². The summed E-state index contributed by atoms with van der Waals surface area (Å²) in [5.41, 5.74) is 3.52. The van der Waals surface area contributed by atoms with Crippen LogP contribution in [0.5, 0.6) is 11.5 Å². The minimum atomic E-state index is -2.81. The minimum absolute atomic E-state index is 0.161. The number of hydrogen-bond acceptors (Lipinski definition) is 2. The average molecular weight is 802 g/mol. The second-order valence-electron chi connectivity index (χ2n) is 8.06. The molecular weight excluding hydrogens is 779 g/mol. The number of alkyl halides is 4. The summed E-state index contributed by atoms with van der Waals surface area (Å²) >= 11 is 9.01. The summed E-state index contributed by atoms with van der Waals surface area (Å²) in [6, 6.07) is 25.3. The zero-order valence-corrected chi connectivity index (χ0v) is 27.1. The van der Waals surface area contributed by atoms with Crippen LogP contribution < -0.4 is 9.47 Å². The van der Waals surface area contributed by atoms with Gasteiger partial charge in [-0.3, -0.25) is 0 Å². The second kappa shape index (κ2) is 17.7. The lowest BCUT2D eigenvalue weighted by atomic mass is 10.1. The fourth-order valence-corrected chi connectivity index (χ4v) is 4.86. The summed E-state index contributed by atoms with van der Waals surface area (Å²) in [6.45, 7) is -2.23. The molecule has 0 atom stereocenters. The number of hydrogen-bond donors (Lipinski definition) is 0. The second-order valence-corrected chi connectivity index (χ2v) is 11.1. The quantitative estimate of drug-likeness (QED) is 0.116. The van der Waals surface area contributed by atoms with Crippen LogP contribution >= 0.6 is 54.5 Å². The largest absolute Gasteiger partial charge is 0.435 e. The van der Waals surface area contributed by atoms with Gasteiger partial charge in [0, 0.05) is 29.2 Å².